The molecule has 0 aliphatic carbocycles. The number of carbonyl (C=O) groups is 1. The largest absolute Gasteiger partial charge is 0.451 e. The Labute approximate surface area is 107 Å². The molecular weight excluding hydrogens is 226 g/mol. The Morgan fingerprint density at radius 3 is 2.33 bits per heavy atom. The molecule has 18 heavy (non-hydrogen) atoms. The van der Waals surface area contributed by atoms with Crippen LogP contribution in [0.2, 0.25) is 0 Å². The van der Waals surface area contributed by atoms with Crippen LogP contribution in [0.4, 0.5) is 0 Å². The Morgan fingerprint density at radius 2 is 1.72 bits per heavy atom. The normalized spacial score (nSPS) is 11.8. The zero-order valence-corrected chi connectivity index (χ0v) is 10.3. The van der Waals surface area contributed by atoms with Crippen LogP contribution in [-0.2, 0) is 16.1 Å². The van der Waals surface area contributed by atoms with Gasteiger partial charge in [-0.3, -0.25) is 4.79 Å². The van der Waals surface area contributed by atoms with Crippen LogP contribution in [0, 0.1) is 0 Å². The van der Waals surface area contributed by atoms with Gasteiger partial charge in [0.25, 0.3) is 0 Å². The Hall–Kier alpha value is -2.16. The summed E-state index contributed by atoms with van der Waals surface area (Å²) < 4.78 is 7.38. The van der Waals surface area contributed by atoms with Crippen LogP contribution in [0.25, 0.3) is 0 Å². The van der Waals surface area contributed by atoms with E-state index in [0.29, 0.717) is 6.54 Å². The molecule has 1 aromatic heterocycles. The molecule has 0 aliphatic rings. The molecule has 0 bridgehead atoms. The minimum atomic E-state index is -0.264. The SMILES string of the molecule is CC(=O)OC(C[n+]1ccccc1)c1ccccc1. The number of hydrogen-bond donors (Lipinski definition) is 0. The van der Waals surface area contributed by atoms with Crippen molar-refractivity contribution in [3.8, 4) is 0 Å². The zero-order valence-electron chi connectivity index (χ0n) is 10.3. The van der Waals surface area contributed by atoms with Gasteiger partial charge in [0.05, 0.1) is 0 Å². The molecule has 0 radical (unpaired) electrons. The standard InChI is InChI=1S/C15H16NO2/c1-13(17)18-15(14-8-4-2-5-9-14)12-16-10-6-3-7-11-16/h2-11,15H,12H2,1H3/q+1. The van der Waals surface area contributed by atoms with Crippen molar-refractivity contribution in [3.63, 3.8) is 0 Å². The predicted octanol–water partition coefficient (Wildman–Crippen LogP) is 2.28. The smallest absolute Gasteiger partial charge is 0.303 e. The van der Waals surface area contributed by atoms with Crippen LogP contribution in [0.3, 0.4) is 0 Å². The maximum atomic E-state index is 11.2. The van der Waals surface area contributed by atoms with Crippen LogP contribution in [-0.4, -0.2) is 5.97 Å². The van der Waals surface area contributed by atoms with Crippen LogP contribution >= 0.6 is 0 Å². The number of benzene rings is 1. The molecule has 1 heterocycles. The topological polar surface area (TPSA) is 30.2 Å². The monoisotopic (exact) mass is 242 g/mol. The van der Waals surface area contributed by atoms with E-state index < -0.39 is 0 Å². The summed E-state index contributed by atoms with van der Waals surface area (Å²) in [4.78, 5) is 11.2. The van der Waals surface area contributed by atoms with Crippen molar-refractivity contribution >= 4 is 5.97 Å². The summed E-state index contributed by atoms with van der Waals surface area (Å²) in [7, 11) is 0. The number of ether oxygens (including phenoxy) is 1. The Bertz CT molecular complexity index is 496. The van der Waals surface area contributed by atoms with Crippen molar-refractivity contribution in [1.82, 2.24) is 0 Å². The summed E-state index contributed by atoms with van der Waals surface area (Å²) in [6.45, 7) is 2.05. The average molecular weight is 242 g/mol. The third-order valence-electron chi connectivity index (χ3n) is 2.63. The van der Waals surface area contributed by atoms with Crippen LogP contribution < -0.4 is 4.57 Å². The fourth-order valence-corrected chi connectivity index (χ4v) is 1.83. The van der Waals surface area contributed by atoms with Gasteiger partial charge in [0.2, 0.25) is 0 Å². The lowest BCUT2D eigenvalue weighted by Gasteiger charge is -2.14. The van der Waals surface area contributed by atoms with E-state index in [0.717, 1.165) is 5.56 Å². The molecule has 1 atom stereocenters. The molecular formula is C15H16NO2+. The summed E-state index contributed by atoms with van der Waals surface area (Å²) in [5, 5.41) is 0. The lowest BCUT2D eigenvalue weighted by atomic mass is 10.1. The van der Waals surface area contributed by atoms with E-state index in [1.165, 1.54) is 6.92 Å². The lowest BCUT2D eigenvalue weighted by Crippen LogP contribution is -2.36. The van der Waals surface area contributed by atoms with Crippen LogP contribution in [0.15, 0.2) is 60.9 Å². The molecule has 0 saturated carbocycles. The minimum Gasteiger partial charge on any atom is -0.451 e. The van der Waals surface area contributed by atoms with Crippen LogP contribution in [0.1, 0.15) is 18.6 Å². The quantitative estimate of drug-likeness (QED) is 0.608. The molecule has 0 N–H and O–H groups in total. The summed E-state index contributed by atoms with van der Waals surface area (Å²) in [5.74, 6) is -0.264. The van der Waals surface area contributed by atoms with Gasteiger partial charge in [-0.15, -0.1) is 0 Å². The van der Waals surface area contributed by atoms with Gasteiger partial charge in [0.15, 0.2) is 25.0 Å². The van der Waals surface area contributed by atoms with Gasteiger partial charge >= 0.3 is 5.97 Å². The molecule has 3 nitrogen and oxygen atoms in total. The first kappa shape index (κ1) is 12.3. The van der Waals surface area contributed by atoms with Gasteiger partial charge in [-0.05, 0) is 5.56 Å². The maximum Gasteiger partial charge on any atom is 0.303 e. The van der Waals surface area contributed by atoms with Crippen molar-refractivity contribution in [3.05, 3.63) is 66.5 Å². The second kappa shape index (κ2) is 5.96. The van der Waals surface area contributed by atoms with Gasteiger partial charge in [0.1, 0.15) is 0 Å². The number of carbonyl (C=O) groups excluding carboxylic acids is 1. The highest BCUT2D eigenvalue weighted by atomic mass is 16.5. The predicted molar refractivity (Wildman–Crippen MR) is 67.6 cm³/mol. The van der Waals surface area contributed by atoms with E-state index >= 15 is 0 Å². The van der Waals surface area contributed by atoms with Gasteiger partial charge in [0, 0.05) is 19.1 Å². The highest BCUT2D eigenvalue weighted by Gasteiger charge is 2.19. The molecule has 1 unspecified atom stereocenters. The first-order valence-corrected chi connectivity index (χ1v) is 5.92. The van der Waals surface area contributed by atoms with E-state index in [-0.39, 0.29) is 12.1 Å². The lowest BCUT2D eigenvalue weighted by molar-refractivity contribution is -0.704. The molecule has 0 fully saturated rings. The molecule has 2 aromatic rings. The zero-order chi connectivity index (χ0) is 12.8. The number of hydrogen-bond acceptors (Lipinski definition) is 2. The van der Waals surface area contributed by atoms with Gasteiger partial charge in [-0.25, -0.2) is 4.57 Å². The first-order chi connectivity index (χ1) is 8.75. The van der Waals surface area contributed by atoms with E-state index in [2.05, 4.69) is 0 Å². The number of rotatable bonds is 4. The highest BCUT2D eigenvalue weighted by Crippen LogP contribution is 2.17. The summed E-state index contributed by atoms with van der Waals surface area (Å²) in [6.07, 6.45) is 3.66. The molecule has 3 heteroatoms. The highest BCUT2D eigenvalue weighted by molar-refractivity contribution is 5.66. The molecule has 92 valence electrons. The summed E-state index contributed by atoms with van der Waals surface area (Å²) in [6, 6.07) is 15.6. The Balaban J connectivity index is 2.18. The Morgan fingerprint density at radius 1 is 1.11 bits per heavy atom. The van der Waals surface area contributed by atoms with E-state index in [1.807, 2.05) is 65.5 Å². The number of esters is 1. The van der Waals surface area contributed by atoms with Crippen molar-refractivity contribution in [2.24, 2.45) is 0 Å². The Kier molecular flexibility index (Phi) is 4.07. The first-order valence-electron chi connectivity index (χ1n) is 5.92. The molecule has 0 aliphatic heterocycles. The summed E-state index contributed by atoms with van der Waals surface area (Å²) >= 11 is 0. The average Bonchev–Trinajstić information content (AvgIpc) is 2.40. The second-order valence-corrected chi connectivity index (χ2v) is 4.08. The summed E-state index contributed by atoms with van der Waals surface area (Å²) in [5.41, 5.74) is 1.00. The molecule has 0 spiro atoms. The third kappa shape index (κ3) is 3.42. The molecule has 0 amide bonds. The third-order valence-corrected chi connectivity index (χ3v) is 2.63. The van der Waals surface area contributed by atoms with Gasteiger partial charge in [-0.1, -0.05) is 36.4 Å². The fraction of sp³-hybridized carbons (Fsp3) is 0.200. The van der Waals surface area contributed by atoms with Crippen LogP contribution in [0.5, 0.6) is 0 Å². The van der Waals surface area contributed by atoms with E-state index in [4.69, 9.17) is 4.74 Å². The van der Waals surface area contributed by atoms with Crippen molar-refractivity contribution in [1.29, 1.82) is 0 Å². The van der Waals surface area contributed by atoms with Crippen molar-refractivity contribution in [2.75, 3.05) is 0 Å². The number of nitrogens with zero attached hydrogens (tertiary/aromatic N) is 1. The second-order valence-electron chi connectivity index (χ2n) is 4.08. The van der Waals surface area contributed by atoms with Crippen molar-refractivity contribution in [2.45, 2.75) is 19.6 Å². The van der Waals surface area contributed by atoms with Gasteiger partial charge < -0.3 is 4.74 Å². The van der Waals surface area contributed by atoms with E-state index in [9.17, 15) is 4.79 Å². The number of aromatic nitrogens is 1. The maximum absolute atomic E-state index is 11.2. The fourth-order valence-electron chi connectivity index (χ4n) is 1.83. The van der Waals surface area contributed by atoms with Crippen molar-refractivity contribution < 1.29 is 14.1 Å². The number of pyridine rings is 1. The van der Waals surface area contributed by atoms with E-state index in [1.54, 1.807) is 0 Å². The molecule has 2 rings (SSSR count). The molecule has 0 saturated heterocycles. The van der Waals surface area contributed by atoms with Gasteiger partial charge in [-0.2, -0.15) is 0 Å². The minimum absolute atomic E-state index is 0.254. The molecule has 1 aromatic carbocycles.